The van der Waals surface area contributed by atoms with Crippen molar-refractivity contribution >= 4 is 21.7 Å². The highest BCUT2D eigenvalue weighted by molar-refractivity contribution is 9.10. The van der Waals surface area contributed by atoms with Gasteiger partial charge >= 0.3 is 0 Å². The molecule has 1 fully saturated rings. The van der Waals surface area contributed by atoms with Crippen LogP contribution in [0.3, 0.4) is 0 Å². The molecule has 0 saturated carbocycles. The lowest BCUT2D eigenvalue weighted by Crippen LogP contribution is -2.20. The number of hydrogen-bond acceptors (Lipinski definition) is 3. The molecule has 0 amide bonds. The number of aryl methyl sites for hydroxylation is 1. The van der Waals surface area contributed by atoms with E-state index < -0.39 is 0 Å². The number of carbonyl (C=O) groups is 1. The number of ketones is 1. The third kappa shape index (κ3) is 1.62. The lowest BCUT2D eigenvalue weighted by atomic mass is 10.0. The van der Waals surface area contributed by atoms with Gasteiger partial charge in [-0.3, -0.25) is 9.48 Å². The molecular formula is C9H12BrN3O. The number of rotatable bonds is 2. The van der Waals surface area contributed by atoms with Crippen LogP contribution >= 0.6 is 15.9 Å². The highest BCUT2D eigenvalue weighted by atomic mass is 79.9. The molecule has 0 spiro atoms. The van der Waals surface area contributed by atoms with E-state index in [2.05, 4.69) is 26.3 Å². The van der Waals surface area contributed by atoms with Gasteiger partial charge in [-0.25, -0.2) is 0 Å². The lowest BCUT2D eigenvalue weighted by Gasteiger charge is -2.07. The number of carbonyl (C=O) groups excluding carboxylic acids is 1. The number of nitrogens with one attached hydrogen (secondary N) is 1. The highest BCUT2D eigenvalue weighted by Crippen LogP contribution is 2.21. The summed E-state index contributed by atoms with van der Waals surface area (Å²) in [5.41, 5.74) is 0.679. The van der Waals surface area contributed by atoms with Crippen molar-refractivity contribution in [2.24, 2.45) is 13.0 Å². The Morgan fingerprint density at radius 1 is 1.79 bits per heavy atom. The van der Waals surface area contributed by atoms with E-state index in [1.807, 2.05) is 0 Å². The van der Waals surface area contributed by atoms with Gasteiger partial charge in [0.05, 0.1) is 10.7 Å². The maximum atomic E-state index is 12.0. The van der Waals surface area contributed by atoms with Crippen molar-refractivity contribution in [3.05, 3.63) is 16.4 Å². The fraction of sp³-hybridized carbons (Fsp3) is 0.556. The van der Waals surface area contributed by atoms with Crippen LogP contribution in [0.15, 0.2) is 10.7 Å². The van der Waals surface area contributed by atoms with Crippen LogP contribution in [-0.4, -0.2) is 28.7 Å². The van der Waals surface area contributed by atoms with Gasteiger partial charge in [0.2, 0.25) is 0 Å². The van der Waals surface area contributed by atoms with Gasteiger partial charge in [0.15, 0.2) is 5.78 Å². The SMILES string of the molecule is Cn1ncc(Br)c1C(=O)C1CCNC1. The van der Waals surface area contributed by atoms with Crippen molar-refractivity contribution in [3.63, 3.8) is 0 Å². The molecule has 5 heteroatoms. The van der Waals surface area contributed by atoms with E-state index in [1.54, 1.807) is 17.9 Å². The summed E-state index contributed by atoms with van der Waals surface area (Å²) < 4.78 is 2.42. The first-order valence-electron chi connectivity index (χ1n) is 4.62. The van der Waals surface area contributed by atoms with Crippen LogP contribution in [-0.2, 0) is 7.05 Å². The van der Waals surface area contributed by atoms with Crippen LogP contribution in [0.1, 0.15) is 16.9 Å². The number of Topliss-reactive ketones (excluding diaryl/α,β-unsaturated/α-hetero) is 1. The number of aromatic nitrogens is 2. The molecule has 1 atom stereocenters. The summed E-state index contributed by atoms with van der Waals surface area (Å²) in [5.74, 6) is 0.295. The third-order valence-electron chi connectivity index (χ3n) is 2.56. The summed E-state index contributed by atoms with van der Waals surface area (Å²) in [4.78, 5) is 12.0. The Labute approximate surface area is 90.8 Å². The molecule has 0 aromatic carbocycles. The fourth-order valence-corrected chi connectivity index (χ4v) is 2.30. The molecule has 1 unspecified atom stereocenters. The molecule has 0 radical (unpaired) electrons. The van der Waals surface area contributed by atoms with Crippen LogP contribution < -0.4 is 5.32 Å². The Kier molecular flexibility index (Phi) is 2.69. The minimum atomic E-state index is 0.113. The summed E-state index contributed by atoms with van der Waals surface area (Å²) in [7, 11) is 1.79. The second-order valence-electron chi connectivity index (χ2n) is 3.52. The van der Waals surface area contributed by atoms with Gasteiger partial charge in [0.1, 0.15) is 5.69 Å². The fourth-order valence-electron chi connectivity index (χ4n) is 1.76. The predicted molar refractivity (Wildman–Crippen MR) is 56.2 cm³/mol. The lowest BCUT2D eigenvalue weighted by molar-refractivity contribution is 0.0920. The zero-order valence-electron chi connectivity index (χ0n) is 7.96. The zero-order chi connectivity index (χ0) is 10.1. The maximum Gasteiger partial charge on any atom is 0.186 e. The molecule has 1 saturated heterocycles. The van der Waals surface area contributed by atoms with Crippen molar-refractivity contribution < 1.29 is 4.79 Å². The molecule has 1 aromatic rings. The van der Waals surface area contributed by atoms with Crippen LogP contribution in [0.25, 0.3) is 0 Å². The van der Waals surface area contributed by atoms with Crippen LogP contribution in [0.5, 0.6) is 0 Å². The van der Waals surface area contributed by atoms with Crippen LogP contribution in [0.2, 0.25) is 0 Å². The van der Waals surface area contributed by atoms with Crippen molar-refractivity contribution in [2.45, 2.75) is 6.42 Å². The van der Waals surface area contributed by atoms with Gasteiger partial charge in [-0.15, -0.1) is 0 Å². The Hall–Kier alpha value is -0.680. The standard InChI is InChI=1S/C9H12BrN3O/c1-13-8(7(10)5-12-13)9(14)6-2-3-11-4-6/h5-6,11H,2-4H2,1H3. The molecule has 1 aliphatic heterocycles. The molecule has 4 nitrogen and oxygen atoms in total. The zero-order valence-corrected chi connectivity index (χ0v) is 9.54. The molecular weight excluding hydrogens is 246 g/mol. The second kappa shape index (κ2) is 3.82. The summed E-state index contributed by atoms with van der Waals surface area (Å²) in [6.07, 6.45) is 2.59. The first-order valence-corrected chi connectivity index (χ1v) is 5.42. The Balaban J connectivity index is 2.25. The smallest absolute Gasteiger partial charge is 0.186 e. The minimum absolute atomic E-state index is 0.113. The highest BCUT2D eigenvalue weighted by Gasteiger charge is 2.27. The quantitative estimate of drug-likeness (QED) is 0.804. The summed E-state index contributed by atoms with van der Waals surface area (Å²) in [6.45, 7) is 1.72. The summed E-state index contributed by atoms with van der Waals surface area (Å²) in [5, 5.41) is 7.23. The van der Waals surface area contributed by atoms with Crippen LogP contribution in [0, 0.1) is 5.92 Å². The molecule has 0 aliphatic carbocycles. The van der Waals surface area contributed by atoms with Crippen molar-refractivity contribution in [3.8, 4) is 0 Å². The second-order valence-corrected chi connectivity index (χ2v) is 4.37. The molecule has 14 heavy (non-hydrogen) atoms. The van der Waals surface area contributed by atoms with Gasteiger partial charge in [-0.2, -0.15) is 5.10 Å². The molecule has 2 rings (SSSR count). The van der Waals surface area contributed by atoms with E-state index in [-0.39, 0.29) is 11.7 Å². The Bertz CT molecular complexity index is 335. The molecule has 1 aromatic heterocycles. The van der Waals surface area contributed by atoms with Crippen molar-refractivity contribution in [1.82, 2.24) is 15.1 Å². The molecule has 2 heterocycles. The third-order valence-corrected chi connectivity index (χ3v) is 3.14. The van der Waals surface area contributed by atoms with E-state index in [9.17, 15) is 4.79 Å². The van der Waals surface area contributed by atoms with Gasteiger partial charge in [0.25, 0.3) is 0 Å². The number of nitrogens with zero attached hydrogens (tertiary/aromatic N) is 2. The van der Waals surface area contributed by atoms with Gasteiger partial charge in [0, 0.05) is 19.5 Å². The van der Waals surface area contributed by atoms with Gasteiger partial charge in [-0.1, -0.05) is 0 Å². The predicted octanol–water partition coefficient (Wildman–Crippen LogP) is 0.975. The van der Waals surface area contributed by atoms with E-state index in [4.69, 9.17) is 0 Å². The summed E-state index contributed by atoms with van der Waals surface area (Å²) >= 11 is 3.34. The normalized spacial score (nSPS) is 21.4. The Morgan fingerprint density at radius 2 is 2.57 bits per heavy atom. The molecule has 1 N–H and O–H groups in total. The maximum absolute atomic E-state index is 12.0. The molecule has 0 bridgehead atoms. The topological polar surface area (TPSA) is 46.9 Å². The van der Waals surface area contributed by atoms with Gasteiger partial charge in [-0.05, 0) is 28.9 Å². The van der Waals surface area contributed by atoms with Gasteiger partial charge < -0.3 is 5.32 Å². The first kappa shape index (κ1) is 9.86. The van der Waals surface area contributed by atoms with E-state index >= 15 is 0 Å². The van der Waals surface area contributed by atoms with Crippen molar-refractivity contribution in [2.75, 3.05) is 13.1 Å². The first-order chi connectivity index (χ1) is 6.70. The minimum Gasteiger partial charge on any atom is -0.316 e. The van der Waals surface area contributed by atoms with Crippen LogP contribution in [0.4, 0.5) is 0 Å². The van der Waals surface area contributed by atoms with E-state index in [0.29, 0.717) is 5.69 Å². The van der Waals surface area contributed by atoms with E-state index in [1.165, 1.54) is 0 Å². The monoisotopic (exact) mass is 257 g/mol. The Morgan fingerprint density at radius 3 is 3.07 bits per heavy atom. The molecule has 76 valence electrons. The summed E-state index contributed by atoms with van der Waals surface area (Å²) in [6, 6.07) is 0. The van der Waals surface area contributed by atoms with Crippen molar-refractivity contribution in [1.29, 1.82) is 0 Å². The average Bonchev–Trinajstić information content (AvgIpc) is 2.75. The molecule has 1 aliphatic rings. The number of hydrogen-bond donors (Lipinski definition) is 1. The van der Waals surface area contributed by atoms with E-state index in [0.717, 1.165) is 24.0 Å². The number of halogens is 1. The largest absolute Gasteiger partial charge is 0.316 e. The average molecular weight is 258 g/mol.